The highest BCUT2D eigenvalue weighted by atomic mass is 16.1. The molecule has 0 unspecified atom stereocenters. The SMILES string of the molecule is CC(=O)[C@@H]1[C@@H](c2ccc(C)cc2)C[C@@H]2CC[C@H]1N2C. The number of piperidine rings is 1. The van der Waals surface area contributed by atoms with Crippen molar-refractivity contribution in [2.24, 2.45) is 5.92 Å². The van der Waals surface area contributed by atoms with Gasteiger partial charge in [0.05, 0.1) is 0 Å². The van der Waals surface area contributed by atoms with Crippen molar-refractivity contribution in [2.45, 2.75) is 51.1 Å². The highest BCUT2D eigenvalue weighted by Gasteiger charge is 2.47. The average molecular weight is 257 g/mol. The third-order valence-electron chi connectivity index (χ3n) is 5.24. The van der Waals surface area contributed by atoms with E-state index < -0.39 is 0 Å². The van der Waals surface area contributed by atoms with Gasteiger partial charge in [0.2, 0.25) is 0 Å². The Bertz CT molecular complexity index is 479. The van der Waals surface area contributed by atoms with Crippen LogP contribution in [0.5, 0.6) is 0 Å². The third-order valence-corrected chi connectivity index (χ3v) is 5.24. The Labute approximate surface area is 115 Å². The van der Waals surface area contributed by atoms with Crippen molar-refractivity contribution in [3.8, 4) is 0 Å². The molecule has 2 saturated heterocycles. The molecule has 1 aromatic rings. The lowest BCUT2D eigenvalue weighted by atomic mass is 9.74. The summed E-state index contributed by atoms with van der Waals surface area (Å²) in [5.74, 6) is 0.973. The molecule has 3 rings (SSSR count). The van der Waals surface area contributed by atoms with Crippen molar-refractivity contribution >= 4 is 5.78 Å². The molecule has 2 nitrogen and oxygen atoms in total. The molecule has 2 fully saturated rings. The summed E-state index contributed by atoms with van der Waals surface area (Å²) in [4.78, 5) is 14.6. The Balaban J connectivity index is 1.95. The summed E-state index contributed by atoms with van der Waals surface area (Å²) in [5.41, 5.74) is 2.65. The number of ketones is 1. The van der Waals surface area contributed by atoms with E-state index >= 15 is 0 Å². The number of benzene rings is 1. The van der Waals surface area contributed by atoms with Gasteiger partial charge >= 0.3 is 0 Å². The molecule has 0 spiro atoms. The fraction of sp³-hybridized carbons (Fsp3) is 0.588. The molecular formula is C17H23NO. The number of fused-ring (bicyclic) bond motifs is 2. The first-order chi connectivity index (χ1) is 9.08. The first-order valence-electron chi connectivity index (χ1n) is 7.37. The van der Waals surface area contributed by atoms with Gasteiger partial charge < -0.3 is 0 Å². The number of carbonyl (C=O) groups is 1. The Morgan fingerprint density at radius 2 is 1.89 bits per heavy atom. The van der Waals surface area contributed by atoms with Gasteiger partial charge in [0, 0.05) is 18.0 Å². The van der Waals surface area contributed by atoms with E-state index in [4.69, 9.17) is 0 Å². The molecule has 0 N–H and O–H groups in total. The lowest BCUT2D eigenvalue weighted by Gasteiger charge is -2.42. The molecule has 0 saturated carbocycles. The van der Waals surface area contributed by atoms with Crippen LogP contribution in [0.4, 0.5) is 0 Å². The van der Waals surface area contributed by atoms with E-state index in [1.165, 1.54) is 24.0 Å². The van der Waals surface area contributed by atoms with Crippen LogP contribution in [0.25, 0.3) is 0 Å². The van der Waals surface area contributed by atoms with E-state index in [1.54, 1.807) is 6.92 Å². The molecule has 4 atom stereocenters. The molecule has 2 bridgehead atoms. The van der Waals surface area contributed by atoms with Crippen LogP contribution in [0.1, 0.15) is 43.2 Å². The molecular weight excluding hydrogens is 234 g/mol. The summed E-state index contributed by atoms with van der Waals surface area (Å²) in [5, 5.41) is 0. The monoisotopic (exact) mass is 257 g/mol. The van der Waals surface area contributed by atoms with Crippen LogP contribution in [0.2, 0.25) is 0 Å². The van der Waals surface area contributed by atoms with Crippen LogP contribution in [-0.4, -0.2) is 29.8 Å². The Kier molecular flexibility index (Phi) is 3.22. The van der Waals surface area contributed by atoms with E-state index in [0.29, 0.717) is 23.8 Å². The molecule has 2 heteroatoms. The summed E-state index contributed by atoms with van der Waals surface area (Å²) in [6, 6.07) is 9.93. The van der Waals surface area contributed by atoms with E-state index in [-0.39, 0.29) is 5.92 Å². The van der Waals surface area contributed by atoms with Gasteiger partial charge in [0.15, 0.2) is 0 Å². The topological polar surface area (TPSA) is 20.3 Å². The van der Waals surface area contributed by atoms with Gasteiger partial charge in [-0.15, -0.1) is 0 Å². The second-order valence-electron chi connectivity index (χ2n) is 6.35. The van der Waals surface area contributed by atoms with Crippen molar-refractivity contribution in [1.82, 2.24) is 4.90 Å². The molecule has 19 heavy (non-hydrogen) atoms. The Hall–Kier alpha value is -1.15. The number of Topliss-reactive ketones (excluding diaryl/α,β-unsaturated/α-hetero) is 1. The molecule has 0 aromatic heterocycles. The summed E-state index contributed by atoms with van der Waals surface area (Å²) in [6.45, 7) is 3.89. The number of hydrogen-bond acceptors (Lipinski definition) is 2. The molecule has 1 aromatic carbocycles. The Morgan fingerprint density at radius 3 is 2.53 bits per heavy atom. The predicted molar refractivity (Wildman–Crippen MR) is 77.3 cm³/mol. The number of hydrogen-bond donors (Lipinski definition) is 0. The first kappa shape index (κ1) is 12.9. The van der Waals surface area contributed by atoms with Gasteiger partial charge in [-0.25, -0.2) is 0 Å². The molecule has 0 aliphatic carbocycles. The number of rotatable bonds is 2. The van der Waals surface area contributed by atoms with Crippen LogP contribution < -0.4 is 0 Å². The maximum absolute atomic E-state index is 12.2. The van der Waals surface area contributed by atoms with Crippen molar-refractivity contribution in [3.05, 3.63) is 35.4 Å². The van der Waals surface area contributed by atoms with Crippen LogP contribution in [0, 0.1) is 12.8 Å². The summed E-state index contributed by atoms with van der Waals surface area (Å²) in [6.07, 6.45) is 3.58. The van der Waals surface area contributed by atoms with E-state index in [2.05, 4.69) is 43.1 Å². The fourth-order valence-corrected chi connectivity index (χ4v) is 4.18. The van der Waals surface area contributed by atoms with Gasteiger partial charge in [-0.3, -0.25) is 9.69 Å². The van der Waals surface area contributed by atoms with Crippen LogP contribution in [0.15, 0.2) is 24.3 Å². The second kappa shape index (κ2) is 4.75. The average Bonchev–Trinajstić information content (AvgIpc) is 2.63. The van der Waals surface area contributed by atoms with Gasteiger partial charge in [-0.2, -0.15) is 0 Å². The molecule has 0 amide bonds. The van der Waals surface area contributed by atoms with Crippen molar-refractivity contribution in [3.63, 3.8) is 0 Å². The number of carbonyl (C=O) groups excluding carboxylic acids is 1. The maximum atomic E-state index is 12.2. The molecule has 2 heterocycles. The maximum Gasteiger partial charge on any atom is 0.135 e. The van der Waals surface area contributed by atoms with Crippen LogP contribution >= 0.6 is 0 Å². The Morgan fingerprint density at radius 1 is 1.21 bits per heavy atom. The van der Waals surface area contributed by atoms with Crippen molar-refractivity contribution in [1.29, 1.82) is 0 Å². The first-order valence-corrected chi connectivity index (χ1v) is 7.37. The van der Waals surface area contributed by atoms with Gasteiger partial charge in [0.1, 0.15) is 5.78 Å². The van der Waals surface area contributed by atoms with Gasteiger partial charge in [0.25, 0.3) is 0 Å². The highest BCUT2D eigenvalue weighted by Crippen LogP contribution is 2.46. The zero-order chi connectivity index (χ0) is 13.6. The predicted octanol–water partition coefficient (Wildman–Crippen LogP) is 3.15. The van der Waals surface area contributed by atoms with Crippen molar-refractivity contribution < 1.29 is 4.79 Å². The molecule has 2 aliphatic heterocycles. The van der Waals surface area contributed by atoms with Gasteiger partial charge in [-0.1, -0.05) is 29.8 Å². The molecule has 2 aliphatic rings. The van der Waals surface area contributed by atoms with Crippen molar-refractivity contribution in [2.75, 3.05) is 7.05 Å². The third kappa shape index (κ3) is 2.12. The largest absolute Gasteiger partial charge is 0.300 e. The normalized spacial score (nSPS) is 34.5. The minimum Gasteiger partial charge on any atom is -0.300 e. The second-order valence-corrected chi connectivity index (χ2v) is 6.35. The smallest absolute Gasteiger partial charge is 0.135 e. The van der Waals surface area contributed by atoms with Crippen LogP contribution in [-0.2, 0) is 4.79 Å². The molecule has 0 radical (unpaired) electrons. The summed E-state index contributed by atoms with van der Waals surface area (Å²) >= 11 is 0. The van der Waals surface area contributed by atoms with Gasteiger partial charge in [-0.05, 0) is 51.6 Å². The standard InChI is InChI=1S/C17H23NO/c1-11-4-6-13(7-5-11)15-10-14-8-9-16(18(14)3)17(15)12(2)19/h4-7,14-17H,8-10H2,1-3H3/t14-,15+,16+,17+/m0/s1. The number of aryl methyl sites for hydroxylation is 1. The van der Waals surface area contributed by atoms with Crippen LogP contribution in [0.3, 0.4) is 0 Å². The summed E-state index contributed by atoms with van der Waals surface area (Å²) in [7, 11) is 2.20. The lowest BCUT2D eigenvalue weighted by molar-refractivity contribution is -0.124. The highest BCUT2D eigenvalue weighted by molar-refractivity contribution is 5.80. The summed E-state index contributed by atoms with van der Waals surface area (Å²) < 4.78 is 0. The minimum absolute atomic E-state index is 0.187. The van der Waals surface area contributed by atoms with E-state index in [9.17, 15) is 4.79 Å². The zero-order valence-corrected chi connectivity index (χ0v) is 12.1. The zero-order valence-electron chi connectivity index (χ0n) is 12.1. The van der Waals surface area contributed by atoms with E-state index in [1.807, 2.05) is 0 Å². The quantitative estimate of drug-likeness (QED) is 0.811. The lowest BCUT2D eigenvalue weighted by Crippen LogP contribution is -2.48. The molecule has 102 valence electrons. The fourth-order valence-electron chi connectivity index (χ4n) is 4.18. The number of nitrogens with zero attached hydrogens (tertiary/aromatic N) is 1. The van der Waals surface area contributed by atoms with E-state index in [0.717, 1.165) is 6.42 Å². The minimum atomic E-state index is 0.187.